The number of unbranched alkanes of at least 4 members (excludes halogenated alkanes) is 1. The number of carbonyl (C=O) groups is 1. The lowest BCUT2D eigenvalue weighted by atomic mass is 10.1. The normalized spacial score (nSPS) is 16.6. The molecule has 1 saturated heterocycles. The van der Waals surface area contributed by atoms with Gasteiger partial charge >= 0.3 is 0 Å². The molecule has 2 aromatic heterocycles. The quantitative estimate of drug-likeness (QED) is 0.597. The number of hydrogen-bond acceptors (Lipinski definition) is 5. The van der Waals surface area contributed by atoms with Crippen LogP contribution in [0.2, 0.25) is 0 Å². The van der Waals surface area contributed by atoms with Crippen molar-refractivity contribution >= 4 is 38.2 Å². The van der Waals surface area contributed by atoms with Crippen LogP contribution < -0.4 is 15.6 Å². The number of nitrogens with zero attached hydrogens (tertiary/aromatic N) is 1. The number of amides is 1. The highest BCUT2D eigenvalue weighted by Crippen LogP contribution is 2.39. The van der Waals surface area contributed by atoms with Gasteiger partial charge in [-0.2, -0.15) is 0 Å². The summed E-state index contributed by atoms with van der Waals surface area (Å²) in [6.07, 6.45) is 3.88. The molecule has 0 saturated carbocycles. The van der Waals surface area contributed by atoms with Gasteiger partial charge in [0.05, 0.1) is 22.9 Å². The fourth-order valence-electron chi connectivity index (χ4n) is 3.73. The summed E-state index contributed by atoms with van der Waals surface area (Å²) in [5.74, 6) is 0.203. The van der Waals surface area contributed by atoms with E-state index in [1.165, 1.54) is 11.3 Å². The molecular weight excluding hydrogens is 388 g/mol. The van der Waals surface area contributed by atoms with Gasteiger partial charge < -0.3 is 19.4 Å². The minimum atomic E-state index is -0.209. The summed E-state index contributed by atoms with van der Waals surface area (Å²) in [7, 11) is 1.76. The number of carbonyl (C=O) groups excluding carboxylic acids is 1. The molecule has 6 nitrogen and oxygen atoms in total. The predicted octanol–water partition coefficient (Wildman–Crippen LogP) is 3.84. The Labute approximate surface area is 173 Å². The van der Waals surface area contributed by atoms with Crippen LogP contribution in [0.5, 0.6) is 5.75 Å². The van der Waals surface area contributed by atoms with Crippen molar-refractivity contribution in [3.8, 4) is 5.75 Å². The maximum atomic E-state index is 13.1. The molecule has 7 heteroatoms. The molecule has 1 amide bonds. The molecule has 1 atom stereocenters. The Kier molecular flexibility index (Phi) is 5.87. The van der Waals surface area contributed by atoms with Gasteiger partial charge in [-0.3, -0.25) is 9.59 Å². The first-order valence-corrected chi connectivity index (χ1v) is 11.0. The third-order valence-electron chi connectivity index (χ3n) is 5.36. The van der Waals surface area contributed by atoms with E-state index in [0.29, 0.717) is 29.2 Å². The van der Waals surface area contributed by atoms with Gasteiger partial charge in [0.15, 0.2) is 5.75 Å². The number of aryl methyl sites for hydroxylation is 1. The van der Waals surface area contributed by atoms with Crippen molar-refractivity contribution < 1.29 is 14.3 Å². The number of rotatable bonds is 7. The molecule has 1 N–H and O–H groups in total. The molecule has 1 aromatic carbocycles. The molecule has 154 valence electrons. The Morgan fingerprint density at radius 1 is 1.38 bits per heavy atom. The fraction of sp³-hybridized carbons (Fsp3) is 0.455. The molecule has 3 aromatic rings. The van der Waals surface area contributed by atoms with Crippen LogP contribution in [0.15, 0.2) is 29.1 Å². The highest BCUT2D eigenvalue weighted by molar-refractivity contribution is 7.22. The number of nitrogens with one attached hydrogen (secondary N) is 1. The summed E-state index contributed by atoms with van der Waals surface area (Å²) in [5.41, 5.74) is 0.706. The van der Waals surface area contributed by atoms with E-state index in [2.05, 4.69) is 12.2 Å². The summed E-state index contributed by atoms with van der Waals surface area (Å²) >= 11 is 1.33. The zero-order valence-electron chi connectivity index (χ0n) is 16.8. The molecule has 1 aliphatic heterocycles. The van der Waals surface area contributed by atoms with E-state index >= 15 is 0 Å². The Bertz CT molecular complexity index is 1100. The van der Waals surface area contributed by atoms with Crippen LogP contribution >= 0.6 is 11.3 Å². The lowest BCUT2D eigenvalue weighted by Gasteiger charge is -2.11. The minimum absolute atomic E-state index is 0.0616. The zero-order chi connectivity index (χ0) is 20.4. The molecule has 1 unspecified atom stereocenters. The van der Waals surface area contributed by atoms with Crippen molar-refractivity contribution in [3.63, 3.8) is 0 Å². The maximum absolute atomic E-state index is 13.1. The summed E-state index contributed by atoms with van der Waals surface area (Å²) in [4.78, 5) is 26.6. The molecule has 29 heavy (non-hydrogen) atoms. The molecule has 0 spiro atoms. The highest BCUT2D eigenvalue weighted by Gasteiger charge is 2.25. The van der Waals surface area contributed by atoms with Crippen molar-refractivity contribution in [1.82, 2.24) is 9.88 Å². The Hall–Kier alpha value is -2.38. The van der Waals surface area contributed by atoms with E-state index in [0.717, 1.165) is 47.9 Å². The largest absolute Gasteiger partial charge is 0.491 e. The smallest absolute Gasteiger partial charge is 0.265 e. The number of hydrogen-bond donors (Lipinski definition) is 1. The molecular formula is C22H26N2O4S. The van der Waals surface area contributed by atoms with E-state index in [-0.39, 0.29) is 17.6 Å². The van der Waals surface area contributed by atoms with Gasteiger partial charge in [0.2, 0.25) is 0 Å². The number of benzene rings is 1. The molecule has 0 bridgehead atoms. The average molecular weight is 415 g/mol. The zero-order valence-corrected chi connectivity index (χ0v) is 17.6. The van der Waals surface area contributed by atoms with Crippen molar-refractivity contribution in [3.05, 3.63) is 39.5 Å². The van der Waals surface area contributed by atoms with Crippen LogP contribution in [0.4, 0.5) is 0 Å². The number of aromatic nitrogens is 1. The van der Waals surface area contributed by atoms with Gasteiger partial charge in [0.25, 0.3) is 11.5 Å². The average Bonchev–Trinajstić information content (AvgIpc) is 3.39. The number of pyridine rings is 1. The molecule has 0 radical (unpaired) electrons. The number of thiophene rings is 1. The highest BCUT2D eigenvalue weighted by atomic mass is 32.1. The number of ether oxygens (including phenoxy) is 2. The lowest BCUT2D eigenvalue weighted by Crippen LogP contribution is -2.31. The van der Waals surface area contributed by atoms with Crippen molar-refractivity contribution in [2.24, 2.45) is 7.05 Å². The van der Waals surface area contributed by atoms with Crippen LogP contribution in [0.1, 0.15) is 42.3 Å². The SMILES string of the molecule is CCCCOc1c(C(=O)NCC2CCCO2)sc2c1c(=O)n(C)c1ccccc21. The summed E-state index contributed by atoms with van der Waals surface area (Å²) in [6.45, 7) is 3.78. The fourth-order valence-corrected chi connectivity index (χ4v) is 4.92. The second kappa shape index (κ2) is 8.55. The van der Waals surface area contributed by atoms with Gasteiger partial charge in [0.1, 0.15) is 10.3 Å². The summed E-state index contributed by atoms with van der Waals surface area (Å²) in [6, 6.07) is 7.76. The van der Waals surface area contributed by atoms with E-state index in [1.807, 2.05) is 24.3 Å². The maximum Gasteiger partial charge on any atom is 0.265 e. The first-order chi connectivity index (χ1) is 14.1. The second-order valence-corrected chi connectivity index (χ2v) is 8.41. The summed E-state index contributed by atoms with van der Waals surface area (Å²) < 4.78 is 14.1. The third kappa shape index (κ3) is 3.76. The van der Waals surface area contributed by atoms with Crippen molar-refractivity contribution in [2.75, 3.05) is 19.8 Å². The van der Waals surface area contributed by atoms with Gasteiger partial charge in [-0.1, -0.05) is 31.5 Å². The van der Waals surface area contributed by atoms with Crippen LogP contribution in [-0.2, 0) is 11.8 Å². The summed E-state index contributed by atoms with van der Waals surface area (Å²) in [5, 5.41) is 4.42. The van der Waals surface area contributed by atoms with Gasteiger partial charge in [-0.15, -0.1) is 11.3 Å². The predicted molar refractivity (Wildman–Crippen MR) is 116 cm³/mol. The molecule has 0 aliphatic carbocycles. The Morgan fingerprint density at radius 3 is 2.97 bits per heavy atom. The molecule has 4 rings (SSSR count). The first kappa shape index (κ1) is 19.9. The molecule has 3 heterocycles. The van der Waals surface area contributed by atoms with Crippen LogP contribution in [-0.4, -0.2) is 36.3 Å². The van der Waals surface area contributed by atoms with E-state index in [4.69, 9.17) is 9.47 Å². The Morgan fingerprint density at radius 2 is 2.21 bits per heavy atom. The van der Waals surface area contributed by atoms with Gasteiger partial charge in [-0.25, -0.2) is 0 Å². The van der Waals surface area contributed by atoms with Crippen LogP contribution in [0.3, 0.4) is 0 Å². The van der Waals surface area contributed by atoms with Crippen LogP contribution in [0.25, 0.3) is 21.0 Å². The first-order valence-electron chi connectivity index (χ1n) is 10.2. The number of para-hydroxylation sites is 1. The van der Waals surface area contributed by atoms with Crippen molar-refractivity contribution in [2.45, 2.75) is 38.7 Å². The van der Waals surface area contributed by atoms with Gasteiger partial charge in [0, 0.05) is 25.6 Å². The van der Waals surface area contributed by atoms with E-state index in [1.54, 1.807) is 11.6 Å². The van der Waals surface area contributed by atoms with E-state index < -0.39 is 0 Å². The topological polar surface area (TPSA) is 69.6 Å². The molecule has 1 fully saturated rings. The molecule has 1 aliphatic rings. The minimum Gasteiger partial charge on any atom is -0.491 e. The standard InChI is InChI=1S/C22H26N2O4S/c1-3-4-11-28-18-17-19(15-9-5-6-10-16(15)24(2)22(17)26)29-20(18)21(25)23-13-14-8-7-12-27-14/h5-6,9-10,14H,3-4,7-8,11-13H2,1-2H3,(H,23,25). The van der Waals surface area contributed by atoms with E-state index in [9.17, 15) is 9.59 Å². The lowest BCUT2D eigenvalue weighted by molar-refractivity contribution is 0.0858. The van der Waals surface area contributed by atoms with Crippen molar-refractivity contribution in [1.29, 1.82) is 0 Å². The number of fused-ring (bicyclic) bond motifs is 3. The van der Waals surface area contributed by atoms with Crippen LogP contribution in [0, 0.1) is 0 Å². The monoisotopic (exact) mass is 414 g/mol. The second-order valence-electron chi connectivity index (χ2n) is 7.39. The van der Waals surface area contributed by atoms with Gasteiger partial charge in [-0.05, 0) is 25.3 Å². The third-order valence-corrected chi connectivity index (χ3v) is 6.56. The Balaban J connectivity index is 1.80.